The number of Topliss-reactive ketones (excluding diaryl/α,β-unsaturated/α-hetero) is 3. The van der Waals surface area contributed by atoms with Crippen molar-refractivity contribution in [1.29, 1.82) is 0 Å². The van der Waals surface area contributed by atoms with Gasteiger partial charge in [0, 0.05) is 178 Å². The third-order valence-electron chi connectivity index (χ3n) is 27.8. The summed E-state index contributed by atoms with van der Waals surface area (Å²) in [5.41, 5.74) is 14.6. The molecule has 16 atom stereocenters. The van der Waals surface area contributed by atoms with E-state index in [1.54, 1.807) is 64.4 Å². The topological polar surface area (TPSA) is 460 Å². The second-order valence-electron chi connectivity index (χ2n) is 37.2. The number of alkyl carbamates (subject to hydrolysis) is 1. The van der Waals surface area contributed by atoms with E-state index in [0.717, 1.165) is 43.8 Å². The van der Waals surface area contributed by atoms with Gasteiger partial charge in [-0.3, -0.25) is 33.7 Å². The van der Waals surface area contributed by atoms with Gasteiger partial charge in [0.1, 0.15) is 65.8 Å². The molecule has 0 unspecified atom stereocenters. The van der Waals surface area contributed by atoms with Gasteiger partial charge in [0.15, 0.2) is 11.4 Å². The standard InChI is InChI=1S/C98H128N18O19/c1-58-16-12-11-13-17-59(2)78(129-8)46-73-23-19-64(7)98(128,135-73)87(121)92(123)115-29-15-14-18-74(115)94(126)133-79(47-76(117)60(3)41-63(6)85(120)86(131-10)84(119)62(5)40-58)61(4)42-65-21-24-77(80(44-65)130-9)134-97(127)106-50-67-48-102-96(103-49-67)113-35-36-114(75(56-113)93(124)125)81(118)27-38-132-39-37-110-31-33-111(34-32-110)95-104-52-72(53-105-95)91(122)112-30-26-68-43-66(20-22-70(68)55-112)54-116-90-82(88(99)107-57-108-90)83(109-116)71-45-69-25-28-100-89(69)101-51-71/h11-13,16-17,20,22,25,28,41,43,45,48-49,51-53,57-58,60-62,64-65,73-75,77-80,85-86,120,128H,14-15,18-19,21,23-24,26-27,29-40,42,44,46-47,50,54-56H2,1-10H3,(H,100,101)(H,106,127)(H,124,125)(H2,99,107,108)/b13-11?,16-12+,59-17?,63-41+/t58-,60-,61-,62-,64-,65+,73+,74+,75-,77-,78+,79+,80-,85-,86+,98-/m1/s1. The lowest BCUT2D eigenvalue weighted by atomic mass is 9.78. The molecule has 14 rings (SSSR count). The molecule has 37 nitrogen and oxygen atoms in total. The summed E-state index contributed by atoms with van der Waals surface area (Å²) < 4.78 is 43.9. The van der Waals surface area contributed by atoms with Gasteiger partial charge < -0.3 is 89.0 Å². The largest absolute Gasteiger partial charge is 0.480 e. The molecular formula is C98H128N18O19. The van der Waals surface area contributed by atoms with Crippen molar-refractivity contribution in [2.45, 2.75) is 219 Å². The Bertz CT molecular complexity index is 5500. The first-order valence-corrected chi connectivity index (χ1v) is 47.2. The molecule has 135 heavy (non-hydrogen) atoms. The SMILES string of the molecule is CO[C@H]1C[C@@H]2CC[C@@H](C)[C@@](O)(O2)C(=O)C(=O)N2CCCC[C@H]2C(=O)O[C@H]([C@H](C)C[C@@H]2CC[C@@H](OC(=O)NCc3cnc(N4CCN(C(=O)CCOCCN5CCN(c6ncc(C(=O)N7CCc8cc(Cn9nc(-c%10cnc%11[nH]ccc%11c%10)c%10c(N)ncnc%109)ccc8C7)cn6)CC5)[C@@H](C(=O)O)C4)nc3)[C@H](OC)C2)CC(=O)[C@H](C)/C=C(\C)[C@@H](O)[C@@H](OC)C(=O)[C@H](C)C[C@H](C)/C=C/C=CC=C1C. The van der Waals surface area contributed by atoms with Gasteiger partial charge in [0.05, 0.1) is 62.0 Å². The fourth-order valence-electron chi connectivity index (χ4n) is 19.7. The molecule has 0 spiro atoms. The number of carboxylic acids is 1. The number of piperidine rings is 1. The van der Waals surface area contributed by atoms with Crippen molar-refractivity contribution in [2.24, 2.45) is 35.5 Å². The number of anilines is 3. The van der Waals surface area contributed by atoms with Crippen molar-refractivity contribution >= 4 is 92.9 Å². The quantitative estimate of drug-likeness (QED) is 0.0160. The normalized spacial score (nSPS) is 27.5. The summed E-state index contributed by atoms with van der Waals surface area (Å²) in [7, 11) is 4.44. The van der Waals surface area contributed by atoms with Crippen LogP contribution in [0, 0.1) is 35.5 Å². The van der Waals surface area contributed by atoms with E-state index >= 15 is 0 Å². The van der Waals surface area contributed by atoms with E-state index < -0.39 is 114 Å². The number of aliphatic carboxylic acids is 1. The minimum atomic E-state index is -2.51. The second kappa shape index (κ2) is 45.3. The number of ether oxygens (including phenoxy) is 7. The highest BCUT2D eigenvalue weighted by Crippen LogP contribution is 2.40. The highest BCUT2D eigenvalue weighted by atomic mass is 16.6. The number of nitrogens with two attached hydrogens (primary N) is 1. The van der Waals surface area contributed by atoms with Crippen molar-refractivity contribution < 1.29 is 91.6 Å². The number of aliphatic hydroxyl groups is 2. The van der Waals surface area contributed by atoms with E-state index in [2.05, 4.69) is 73.2 Å². The Hall–Kier alpha value is -11.7. The number of hydrogen-bond acceptors (Lipinski definition) is 30. The Morgan fingerprint density at radius 3 is 2.27 bits per heavy atom. The number of pyridine rings is 1. The number of carbonyl (C=O) groups is 9. The molecule has 1 aliphatic carbocycles. The Kier molecular flexibility index (Phi) is 33.3. The number of esters is 1. The van der Waals surface area contributed by atoms with Crippen molar-refractivity contribution in [3.8, 4) is 11.3 Å². The van der Waals surface area contributed by atoms with Crippen LogP contribution in [0.2, 0.25) is 0 Å². The lowest BCUT2D eigenvalue weighted by molar-refractivity contribution is -0.265. The fourth-order valence-corrected chi connectivity index (χ4v) is 19.7. The van der Waals surface area contributed by atoms with Crippen LogP contribution in [0.4, 0.5) is 22.5 Å². The number of nitrogens with one attached hydrogen (secondary N) is 2. The van der Waals surface area contributed by atoms with Gasteiger partial charge in [-0.25, -0.2) is 54.0 Å². The van der Waals surface area contributed by atoms with Crippen LogP contribution in [0.15, 0.2) is 121 Å². The fraction of sp³-hybridized carbons (Fsp3) is 0.561. The third-order valence-corrected chi connectivity index (χ3v) is 27.8. The molecule has 6 aliphatic heterocycles. The first kappa shape index (κ1) is 99.3. The zero-order chi connectivity index (χ0) is 95.9. The number of carbonyl (C=O) groups excluding carboxylic acids is 8. The smallest absolute Gasteiger partial charge is 0.407 e. The number of nitrogen functional groups attached to an aromatic ring is 1. The van der Waals surface area contributed by atoms with E-state index in [-0.39, 0.29) is 106 Å². The van der Waals surface area contributed by atoms with Crippen LogP contribution >= 0.6 is 0 Å². The number of fused-ring (bicyclic) bond motifs is 6. The average Bonchev–Trinajstić information content (AvgIpc) is 1.69. The number of H-pyrrole nitrogens is 1. The van der Waals surface area contributed by atoms with E-state index in [0.29, 0.717) is 168 Å². The van der Waals surface area contributed by atoms with E-state index in [9.17, 15) is 58.5 Å². The van der Waals surface area contributed by atoms with Gasteiger partial charge in [-0.05, 0) is 142 Å². The summed E-state index contributed by atoms with van der Waals surface area (Å²) in [6, 6.07) is 7.83. The molecule has 724 valence electrons. The van der Waals surface area contributed by atoms with Crippen LogP contribution < -0.4 is 20.9 Å². The zero-order valence-corrected chi connectivity index (χ0v) is 78.7. The number of aromatic amines is 1. The van der Waals surface area contributed by atoms with Gasteiger partial charge in [-0.15, -0.1) is 0 Å². The zero-order valence-electron chi connectivity index (χ0n) is 78.7. The number of piperazine rings is 2. The average molecular weight is 1860 g/mol. The first-order valence-electron chi connectivity index (χ1n) is 47.2. The summed E-state index contributed by atoms with van der Waals surface area (Å²) in [5, 5.41) is 43.6. The molecule has 2 bridgehead atoms. The molecule has 7 N–H and O–H groups in total. The number of aliphatic hydroxyl groups excluding tert-OH is 1. The molecule has 1 aromatic carbocycles. The second-order valence-corrected chi connectivity index (χ2v) is 37.2. The number of allylic oxidation sites excluding steroid dienone is 6. The Morgan fingerprint density at radius 1 is 0.756 bits per heavy atom. The van der Waals surface area contributed by atoms with E-state index in [1.807, 2.05) is 79.1 Å². The maximum atomic E-state index is 14.9. The summed E-state index contributed by atoms with van der Waals surface area (Å²) in [6.45, 7) is 18.0. The number of rotatable bonds is 22. The summed E-state index contributed by atoms with van der Waals surface area (Å²) in [5.74, 6) is -9.54. The number of aromatic nitrogens is 10. The number of benzene rings is 1. The molecule has 5 fully saturated rings. The van der Waals surface area contributed by atoms with E-state index in [1.165, 1.54) is 37.8 Å². The number of hydrogen-bond donors (Lipinski definition) is 6. The van der Waals surface area contributed by atoms with Crippen molar-refractivity contribution in [2.75, 3.05) is 116 Å². The molecule has 7 aliphatic rings. The van der Waals surface area contributed by atoms with E-state index in [4.69, 9.17) is 44.0 Å². The van der Waals surface area contributed by atoms with Gasteiger partial charge >= 0.3 is 18.0 Å². The first-order chi connectivity index (χ1) is 64.9. The van der Waals surface area contributed by atoms with Gasteiger partial charge in [-0.1, -0.05) is 89.3 Å². The van der Waals surface area contributed by atoms with Crippen molar-refractivity contribution in [1.82, 2.24) is 74.6 Å². The Morgan fingerprint density at radius 2 is 1.52 bits per heavy atom. The molecule has 4 saturated heterocycles. The molecule has 37 heteroatoms. The molecule has 12 heterocycles. The highest BCUT2D eigenvalue weighted by molar-refractivity contribution is 6.39. The number of carboxylic acid groups (broad SMARTS) is 1. The highest BCUT2D eigenvalue weighted by Gasteiger charge is 2.54. The number of nitrogens with zero attached hydrogens (tertiary/aromatic N) is 15. The van der Waals surface area contributed by atoms with Crippen LogP contribution in [0.25, 0.3) is 33.3 Å². The molecular weight excluding hydrogens is 1730 g/mol. The molecule has 0 radical (unpaired) electrons. The van der Waals surface area contributed by atoms with Crippen LogP contribution in [-0.2, 0) is 92.8 Å². The van der Waals surface area contributed by atoms with Crippen molar-refractivity contribution in [3.63, 3.8) is 0 Å². The number of methoxy groups -OCH3 is 3. The minimum Gasteiger partial charge on any atom is -0.480 e. The number of cyclic esters (lactones) is 1. The molecule has 6 aromatic heterocycles. The summed E-state index contributed by atoms with van der Waals surface area (Å²) in [4.78, 5) is 172. The lowest BCUT2D eigenvalue weighted by Gasteiger charge is -2.42. The Labute approximate surface area is 785 Å². The third kappa shape index (κ3) is 24.0. The summed E-state index contributed by atoms with van der Waals surface area (Å²) in [6.07, 6.45) is 20.4. The van der Waals surface area contributed by atoms with Crippen molar-refractivity contribution in [3.05, 3.63) is 149 Å². The predicted molar refractivity (Wildman–Crippen MR) is 499 cm³/mol. The lowest BCUT2D eigenvalue weighted by Crippen LogP contribution is -2.61. The number of ketones is 3. The summed E-state index contributed by atoms with van der Waals surface area (Å²) >= 11 is 0. The Balaban J connectivity index is 0.512. The minimum absolute atomic E-state index is 0.0136. The van der Waals surface area contributed by atoms with Crippen LogP contribution in [0.3, 0.4) is 0 Å². The van der Waals surface area contributed by atoms with Gasteiger partial charge in [0.25, 0.3) is 17.6 Å². The monoisotopic (exact) mass is 1860 g/mol. The van der Waals surface area contributed by atoms with Crippen LogP contribution in [0.1, 0.15) is 165 Å². The molecule has 4 amide bonds. The van der Waals surface area contributed by atoms with Gasteiger partial charge in [0.2, 0.25) is 23.6 Å². The maximum absolute atomic E-state index is 14.9. The molecule has 7 aromatic rings. The predicted octanol–water partition coefficient (Wildman–Crippen LogP) is 8.54. The van der Waals surface area contributed by atoms with Crippen LogP contribution in [-0.4, -0.2) is 298 Å². The maximum Gasteiger partial charge on any atom is 0.407 e. The van der Waals surface area contributed by atoms with Gasteiger partial charge in [-0.2, -0.15) is 5.10 Å². The molecule has 1 saturated carbocycles. The van der Waals surface area contributed by atoms with Crippen LogP contribution in [0.5, 0.6) is 0 Å². The number of amides is 4.